The first-order chi connectivity index (χ1) is 10.1. The fourth-order valence-electron chi connectivity index (χ4n) is 3.36. The summed E-state index contributed by atoms with van der Waals surface area (Å²) in [4.78, 5) is 0. The molecule has 0 saturated carbocycles. The zero-order valence-corrected chi connectivity index (χ0v) is 13.0. The molecule has 3 rings (SSSR count). The molecule has 0 spiro atoms. The van der Waals surface area contributed by atoms with E-state index in [9.17, 15) is 0 Å². The maximum absolute atomic E-state index is 5.62. The largest absolute Gasteiger partial charge is 0.493 e. The fourth-order valence-corrected chi connectivity index (χ4v) is 3.36. The summed E-state index contributed by atoms with van der Waals surface area (Å²) >= 11 is 0. The molecule has 1 heterocycles. The summed E-state index contributed by atoms with van der Waals surface area (Å²) in [5, 5.41) is 3.51. The van der Waals surface area contributed by atoms with Crippen molar-refractivity contribution in [1.29, 1.82) is 0 Å². The van der Waals surface area contributed by atoms with E-state index in [-0.39, 0.29) is 11.5 Å². The average molecular weight is 281 g/mol. The third kappa shape index (κ3) is 2.56. The van der Waals surface area contributed by atoms with Crippen LogP contribution in [0.4, 0.5) is 0 Å². The third-order valence-electron chi connectivity index (χ3n) is 4.58. The predicted molar refractivity (Wildman–Crippen MR) is 86.9 cm³/mol. The van der Waals surface area contributed by atoms with Gasteiger partial charge in [0.25, 0.3) is 0 Å². The molecule has 0 aromatic heterocycles. The third-order valence-corrected chi connectivity index (χ3v) is 4.58. The van der Waals surface area contributed by atoms with Crippen LogP contribution < -0.4 is 10.1 Å². The molecule has 2 aromatic carbocycles. The quantitative estimate of drug-likeness (QED) is 0.919. The van der Waals surface area contributed by atoms with Gasteiger partial charge in [-0.05, 0) is 29.8 Å². The molecular formula is C19H23NO. The average Bonchev–Trinajstić information content (AvgIpc) is 2.96. The molecule has 0 radical (unpaired) electrons. The van der Waals surface area contributed by atoms with Crippen molar-refractivity contribution in [3.63, 3.8) is 0 Å². The van der Waals surface area contributed by atoms with Crippen LogP contribution >= 0.6 is 0 Å². The molecule has 1 atom stereocenters. The second-order valence-corrected chi connectivity index (χ2v) is 6.28. The molecule has 0 bridgehead atoms. The highest BCUT2D eigenvalue weighted by atomic mass is 16.5. The Balaban J connectivity index is 1.98. The molecule has 2 aromatic rings. The second kappa shape index (κ2) is 5.53. The van der Waals surface area contributed by atoms with Gasteiger partial charge in [0.05, 0.1) is 6.61 Å². The summed E-state index contributed by atoms with van der Waals surface area (Å²) in [6.07, 6.45) is 1.02. The van der Waals surface area contributed by atoms with Crippen molar-refractivity contribution in [3.8, 4) is 5.75 Å². The summed E-state index contributed by atoms with van der Waals surface area (Å²) in [6, 6.07) is 17.6. The van der Waals surface area contributed by atoms with Crippen molar-refractivity contribution in [2.24, 2.45) is 0 Å². The number of benzene rings is 2. The summed E-state index contributed by atoms with van der Waals surface area (Å²) in [6.45, 7) is 5.41. The van der Waals surface area contributed by atoms with Gasteiger partial charge in [-0.15, -0.1) is 0 Å². The Kier molecular flexibility index (Phi) is 3.73. The molecule has 2 heteroatoms. The number of ether oxygens (including phenoxy) is 1. The number of nitrogens with one attached hydrogen (secondary N) is 1. The summed E-state index contributed by atoms with van der Waals surface area (Å²) in [5.41, 5.74) is 4.03. The van der Waals surface area contributed by atoms with Gasteiger partial charge in [-0.3, -0.25) is 0 Å². The Hall–Kier alpha value is -1.80. The van der Waals surface area contributed by atoms with Crippen LogP contribution in [0.1, 0.15) is 36.6 Å². The van der Waals surface area contributed by atoms with Crippen LogP contribution in [0.5, 0.6) is 5.75 Å². The lowest BCUT2D eigenvalue weighted by atomic mass is 9.74. The highest BCUT2D eigenvalue weighted by Crippen LogP contribution is 2.38. The van der Waals surface area contributed by atoms with E-state index in [0.29, 0.717) is 0 Å². The Morgan fingerprint density at radius 2 is 1.86 bits per heavy atom. The molecule has 1 unspecified atom stereocenters. The predicted octanol–water partition coefficient (Wildman–Crippen LogP) is 3.86. The molecule has 0 saturated heterocycles. The fraction of sp³-hybridized carbons (Fsp3) is 0.368. The Labute approximate surface area is 127 Å². The monoisotopic (exact) mass is 281 g/mol. The SMILES string of the molecule is CNC(c1ccc2c(c1)CCO2)C(C)(C)c1ccccc1. The Morgan fingerprint density at radius 3 is 2.57 bits per heavy atom. The minimum Gasteiger partial charge on any atom is -0.493 e. The zero-order chi connectivity index (χ0) is 14.9. The van der Waals surface area contributed by atoms with E-state index in [1.54, 1.807) is 0 Å². The van der Waals surface area contributed by atoms with Crippen molar-refractivity contribution < 1.29 is 4.74 Å². The van der Waals surface area contributed by atoms with Crippen molar-refractivity contribution >= 4 is 0 Å². The molecule has 1 aliphatic rings. The van der Waals surface area contributed by atoms with E-state index in [1.165, 1.54) is 16.7 Å². The molecule has 0 fully saturated rings. The molecule has 1 N–H and O–H groups in total. The van der Waals surface area contributed by atoms with E-state index < -0.39 is 0 Å². The van der Waals surface area contributed by atoms with Gasteiger partial charge in [0.15, 0.2) is 0 Å². The summed E-state index contributed by atoms with van der Waals surface area (Å²) in [7, 11) is 2.04. The first kappa shape index (κ1) is 14.2. The van der Waals surface area contributed by atoms with E-state index >= 15 is 0 Å². The normalized spacial score (nSPS) is 15.4. The van der Waals surface area contributed by atoms with Gasteiger partial charge < -0.3 is 10.1 Å². The number of likely N-dealkylation sites (N-methyl/N-ethyl adjacent to an activating group) is 1. The Bertz CT molecular complexity index is 619. The summed E-state index contributed by atoms with van der Waals surface area (Å²) < 4.78 is 5.62. The molecule has 1 aliphatic heterocycles. The van der Waals surface area contributed by atoms with Crippen LogP contribution in [0, 0.1) is 0 Å². The zero-order valence-electron chi connectivity index (χ0n) is 13.0. The topological polar surface area (TPSA) is 21.3 Å². The Morgan fingerprint density at radius 1 is 1.10 bits per heavy atom. The lowest BCUT2D eigenvalue weighted by Crippen LogP contribution is -2.35. The van der Waals surface area contributed by atoms with Crippen molar-refractivity contribution in [1.82, 2.24) is 5.32 Å². The van der Waals surface area contributed by atoms with Gasteiger partial charge in [-0.2, -0.15) is 0 Å². The lowest BCUT2D eigenvalue weighted by molar-refractivity contribution is 0.356. The highest BCUT2D eigenvalue weighted by molar-refractivity contribution is 5.42. The molecule has 0 amide bonds. The maximum Gasteiger partial charge on any atom is 0.122 e. The molecule has 21 heavy (non-hydrogen) atoms. The van der Waals surface area contributed by atoms with Crippen molar-refractivity contribution in [2.45, 2.75) is 31.7 Å². The van der Waals surface area contributed by atoms with E-state index in [0.717, 1.165) is 18.8 Å². The number of rotatable bonds is 4. The number of hydrogen-bond donors (Lipinski definition) is 1. The minimum absolute atomic E-state index is 0.0176. The second-order valence-electron chi connectivity index (χ2n) is 6.28. The molecule has 2 nitrogen and oxygen atoms in total. The van der Waals surface area contributed by atoms with Gasteiger partial charge in [0.2, 0.25) is 0 Å². The van der Waals surface area contributed by atoms with Crippen molar-refractivity contribution in [2.75, 3.05) is 13.7 Å². The van der Waals surface area contributed by atoms with E-state index in [4.69, 9.17) is 4.74 Å². The summed E-state index contributed by atoms with van der Waals surface area (Å²) in [5.74, 6) is 1.05. The molecule has 0 aliphatic carbocycles. The van der Waals surface area contributed by atoms with Crippen LogP contribution in [0.2, 0.25) is 0 Å². The minimum atomic E-state index is 0.0176. The van der Waals surface area contributed by atoms with Crippen LogP contribution in [-0.2, 0) is 11.8 Å². The molecular weight excluding hydrogens is 258 g/mol. The first-order valence-electron chi connectivity index (χ1n) is 7.61. The van der Waals surface area contributed by atoms with E-state index in [1.807, 2.05) is 7.05 Å². The maximum atomic E-state index is 5.62. The first-order valence-corrected chi connectivity index (χ1v) is 7.61. The van der Waals surface area contributed by atoms with Gasteiger partial charge in [-0.1, -0.05) is 56.3 Å². The number of hydrogen-bond acceptors (Lipinski definition) is 2. The van der Waals surface area contributed by atoms with Crippen LogP contribution in [0.25, 0.3) is 0 Å². The van der Waals surface area contributed by atoms with Crippen molar-refractivity contribution in [3.05, 3.63) is 65.2 Å². The van der Waals surface area contributed by atoms with Crippen LogP contribution in [0.3, 0.4) is 0 Å². The van der Waals surface area contributed by atoms with E-state index in [2.05, 4.69) is 67.7 Å². The smallest absolute Gasteiger partial charge is 0.122 e. The van der Waals surface area contributed by atoms with Gasteiger partial charge in [-0.25, -0.2) is 0 Å². The number of fused-ring (bicyclic) bond motifs is 1. The lowest BCUT2D eigenvalue weighted by Gasteiger charge is -2.35. The van der Waals surface area contributed by atoms with Gasteiger partial charge in [0, 0.05) is 17.9 Å². The standard InChI is InChI=1S/C19H23NO/c1-19(2,16-7-5-4-6-8-16)18(20-3)15-9-10-17-14(13-15)11-12-21-17/h4-10,13,18,20H,11-12H2,1-3H3. The van der Waals surface area contributed by atoms with Crippen LogP contribution in [0.15, 0.2) is 48.5 Å². The molecule has 110 valence electrons. The highest BCUT2D eigenvalue weighted by Gasteiger charge is 2.32. The van der Waals surface area contributed by atoms with Gasteiger partial charge in [0.1, 0.15) is 5.75 Å². The van der Waals surface area contributed by atoms with Gasteiger partial charge >= 0.3 is 0 Å². The van der Waals surface area contributed by atoms with Crippen LogP contribution in [-0.4, -0.2) is 13.7 Å².